The van der Waals surface area contributed by atoms with Crippen molar-refractivity contribution in [3.8, 4) is 5.75 Å². The molecule has 3 rings (SSSR count). The van der Waals surface area contributed by atoms with Gasteiger partial charge in [-0.2, -0.15) is 4.98 Å². The van der Waals surface area contributed by atoms with Gasteiger partial charge in [0.15, 0.2) is 0 Å². The molecule has 1 aromatic heterocycles. The number of nitrogens with zero attached hydrogens (tertiary/aromatic N) is 2. The Morgan fingerprint density at radius 2 is 1.72 bits per heavy atom. The number of hydrogen-bond acceptors (Lipinski definition) is 4. The third kappa shape index (κ3) is 5.10. The maximum absolute atomic E-state index is 12.7. The molecule has 0 fully saturated rings. The minimum atomic E-state index is -0.329. The molecule has 6 heteroatoms. The van der Waals surface area contributed by atoms with Gasteiger partial charge in [-0.3, -0.25) is 9.36 Å². The van der Waals surface area contributed by atoms with Gasteiger partial charge < -0.3 is 10.1 Å². The molecule has 0 aliphatic carbocycles. The zero-order valence-electron chi connectivity index (χ0n) is 16.9. The number of carbonyl (C=O) groups is 1. The average molecular weight is 391 g/mol. The van der Waals surface area contributed by atoms with Crippen LogP contribution >= 0.6 is 0 Å². The minimum absolute atomic E-state index is 0.137. The molecule has 1 N–H and O–H groups in total. The number of carbonyl (C=O) groups excluding carboxylic acids is 1. The molecule has 0 saturated heterocycles. The second-order valence-electron chi connectivity index (χ2n) is 6.91. The Labute approximate surface area is 170 Å². The van der Waals surface area contributed by atoms with Gasteiger partial charge in [0.25, 0.3) is 0 Å². The molecule has 3 aromatic rings. The monoisotopic (exact) mass is 391 g/mol. The van der Waals surface area contributed by atoms with E-state index in [9.17, 15) is 9.59 Å². The highest BCUT2D eigenvalue weighted by Crippen LogP contribution is 2.24. The quantitative estimate of drug-likeness (QED) is 0.671. The Morgan fingerprint density at radius 1 is 1.07 bits per heavy atom. The zero-order chi connectivity index (χ0) is 20.8. The number of ether oxygens (including phenoxy) is 1. The van der Waals surface area contributed by atoms with Gasteiger partial charge in [0.1, 0.15) is 5.75 Å². The van der Waals surface area contributed by atoms with E-state index in [1.54, 1.807) is 14.0 Å². The zero-order valence-corrected chi connectivity index (χ0v) is 16.9. The van der Waals surface area contributed by atoms with E-state index in [1.165, 1.54) is 4.57 Å². The van der Waals surface area contributed by atoms with Crippen molar-refractivity contribution >= 4 is 5.91 Å². The van der Waals surface area contributed by atoms with Crippen LogP contribution in [0.1, 0.15) is 35.0 Å². The SMILES string of the molecule is COc1ccc(C(NC(=O)CCn2c(C)cc(C)nc2=O)c2ccccc2)cc1. The van der Waals surface area contributed by atoms with Gasteiger partial charge in [-0.15, -0.1) is 0 Å². The van der Waals surface area contributed by atoms with Crippen LogP contribution in [0.3, 0.4) is 0 Å². The molecule has 0 bridgehead atoms. The first-order valence-electron chi connectivity index (χ1n) is 9.51. The number of rotatable bonds is 7. The van der Waals surface area contributed by atoms with Crippen LogP contribution in [0.15, 0.2) is 65.5 Å². The molecule has 0 aliphatic rings. The summed E-state index contributed by atoms with van der Waals surface area (Å²) < 4.78 is 6.75. The molecule has 1 unspecified atom stereocenters. The lowest BCUT2D eigenvalue weighted by Gasteiger charge is -2.20. The van der Waals surface area contributed by atoms with Crippen LogP contribution in [0.5, 0.6) is 5.75 Å². The van der Waals surface area contributed by atoms with Crippen molar-refractivity contribution in [1.82, 2.24) is 14.9 Å². The largest absolute Gasteiger partial charge is 0.497 e. The van der Waals surface area contributed by atoms with Crippen molar-refractivity contribution in [2.75, 3.05) is 7.11 Å². The molecule has 2 aromatic carbocycles. The van der Waals surface area contributed by atoms with E-state index in [1.807, 2.05) is 67.6 Å². The van der Waals surface area contributed by atoms with E-state index in [-0.39, 0.29) is 30.6 Å². The number of amides is 1. The maximum Gasteiger partial charge on any atom is 0.347 e. The summed E-state index contributed by atoms with van der Waals surface area (Å²) in [5.74, 6) is 0.621. The number of methoxy groups -OCH3 is 1. The van der Waals surface area contributed by atoms with Crippen LogP contribution in [-0.2, 0) is 11.3 Å². The van der Waals surface area contributed by atoms with E-state index in [0.717, 1.165) is 22.6 Å². The van der Waals surface area contributed by atoms with E-state index >= 15 is 0 Å². The molecule has 0 saturated carbocycles. The summed E-state index contributed by atoms with van der Waals surface area (Å²) in [6.07, 6.45) is 0.185. The van der Waals surface area contributed by atoms with Crippen molar-refractivity contribution in [2.45, 2.75) is 32.9 Å². The fourth-order valence-corrected chi connectivity index (χ4v) is 3.29. The van der Waals surface area contributed by atoms with Crippen molar-refractivity contribution in [1.29, 1.82) is 0 Å². The van der Waals surface area contributed by atoms with Crippen LogP contribution in [0.2, 0.25) is 0 Å². The molecule has 6 nitrogen and oxygen atoms in total. The molecular formula is C23H25N3O3. The maximum atomic E-state index is 12.7. The second kappa shape index (κ2) is 9.19. The van der Waals surface area contributed by atoms with Crippen LogP contribution in [0, 0.1) is 13.8 Å². The van der Waals surface area contributed by atoms with Gasteiger partial charge in [-0.1, -0.05) is 42.5 Å². The fraction of sp³-hybridized carbons (Fsp3) is 0.261. The summed E-state index contributed by atoms with van der Waals surface area (Å²) in [5.41, 5.74) is 3.08. The van der Waals surface area contributed by atoms with Crippen LogP contribution in [0.25, 0.3) is 0 Å². The summed E-state index contributed by atoms with van der Waals surface area (Å²) in [6.45, 7) is 3.91. The van der Waals surface area contributed by atoms with Gasteiger partial charge in [-0.05, 0) is 43.2 Å². The molecule has 150 valence electrons. The average Bonchev–Trinajstić information content (AvgIpc) is 2.72. The Hall–Kier alpha value is -3.41. The van der Waals surface area contributed by atoms with E-state index in [2.05, 4.69) is 10.3 Å². The number of aryl methyl sites for hydroxylation is 2. The highest BCUT2D eigenvalue weighted by Gasteiger charge is 2.17. The lowest BCUT2D eigenvalue weighted by atomic mass is 9.98. The van der Waals surface area contributed by atoms with Crippen molar-refractivity contribution in [3.63, 3.8) is 0 Å². The standard InChI is InChI=1S/C23H25N3O3/c1-16-15-17(2)26(23(28)24-16)14-13-21(27)25-22(18-7-5-4-6-8-18)19-9-11-20(29-3)12-10-19/h4-12,15,22H,13-14H2,1-3H3,(H,25,27). The van der Waals surface area contributed by atoms with Gasteiger partial charge >= 0.3 is 5.69 Å². The van der Waals surface area contributed by atoms with E-state index < -0.39 is 0 Å². The van der Waals surface area contributed by atoms with Crippen LogP contribution < -0.4 is 15.7 Å². The molecule has 0 aliphatic heterocycles. The first-order valence-corrected chi connectivity index (χ1v) is 9.51. The highest BCUT2D eigenvalue weighted by atomic mass is 16.5. The fourth-order valence-electron chi connectivity index (χ4n) is 3.29. The predicted molar refractivity (Wildman–Crippen MR) is 112 cm³/mol. The summed E-state index contributed by atoms with van der Waals surface area (Å²) in [5, 5.41) is 3.09. The number of hydrogen-bond donors (Lipinski definition) is 1. The van der Waals surface area contributed by atoms with E-state index in [0.29, 0.717) is 5.69 Å². The van der Waals surface area contributed by atoms with Crippen LogP contribution in [0.4, 0.5) is 0 Å². The first-order chi connectivity index (χ1) is 14.0. The highest BCUT2D eigenvalue weighted by molar-refractivity contribution is 5.77. The first kappa shape index (κ1) is 20.3. The van der Waals surface area contributed by atoms with Gasteiger partial charge in [-0.25, -0.2) is 4.79 Å². The number of nitrogens with one attached hydrogen (secondary N) is 1. The topological polar surface area (TPSA) is 73.2 Å². The van der Waals surface area contributed by atoms with Crippen molar-refractivity contribution in [2.24, 2.45) is 0 Å². The Balaban J connectivity index is 1.77. The Kier molecular flexibility index (Phi) is 6.44. The summed E-state index contributed by atoms with van der Waals surface area (Å²) >= 11 is 0. The molecule has 0 radical (unpaired) electrons. The molecule has 29 heavy (non-hydrogen) atoms. The number of aromatic nitrogens is 2. The molecule has 1 amide bonds. The van der Waals surface area contributed by atoms with E-state index in [4.69, 9.17) is 4.74 Å². The lowest BCUT2D eigenvalue weighted by molar-refractivity contribution is -0.121. The normalized spacial score (nSPS) is 11.7. The Bertz CT molecular complexity index is 1030. The van der Waals surface area contributed by atoms with Crippen molar-refractivity contribution < 1.29 is 9.53 Å². The Morgan fingerprint density at radius 3 is 2.34 bits per heavy atom. The summed E-state index contributed by atoms with van der Waals surface area (Å²) in [4.78, 5) is 28.8. The lowest BCUT2D eigenvalue weighted by Crippen LogP contribution is -2.32. The van der Waals surface area contributed by atoms with Gasteiger partial charge in [0.2, 0.25) is 5.91 Å². The van der Waals surface area contributed by atoms with Gasteiger partial charge in [0.05, 0.1) is 13.2 Å². The third-order valence-electron chi connectivity index (χ3n) is 4.80. The minimum Gasteiger partial charge on any atom is -0.497 e. The van der Waals surface area contributed by atoms with Crippen LogP contribution in [-0.4, -0.2) is 22.6 Å². The summed E-state index contributed by atoms with van der Waals surface area (Å²) in [7, 11) is 1.62. The summed E-state index contributed by atoms with van der Waals surface area (Å²) in [6, 6.07) is 19.0. The molecule has 1 atom stereocenters. The smallest absolute Gasteiger partial charge is 0.347 e. The third-order valence-corrected chi connectivity index (χ3v) is 4.80. The predicted octanol–water partition coefficient (Wildman–Crippen LogP) is 3.16. The second-order valence-corrected chi connectivity index (χ2v) is 6.91. The van der Waals surface area contributed by atoms with Gasteiger partial charge in [0, 0.05) is 24.4 Å². The van der Waals surface area contributed by atoms with Crippen molar-refractivity contribution in [3.05, 3.63) is 93.7 Å². The number of benzene rings is 2. The molecular weight excluding hydrogens is 366 g/mol. The molecule has 1 heterocycles. The molecule has 0 spiro atoms.